The van der Waals surface area contributed by atoms with Gasteiger partial charge >= 0.3 is 0 Å². The average Bonchev–Trinajstić information content (AvgIpc) is 2.88. The van der Waals surface area contributed by atoms with Gasteiger partial charge in [0.2, 0.25) is 0 Å². The molecule has 1 heterocycles. The van der Waals surface area contributed by atoms with E-state index in [1.807, 2.05) is 30.3 Å². The SMILES string of the molecule is OCc1cc2cc(C=Cc3ccccc3)ccc2[nH]1. The van der Waals surface area contributed by atoms with E-state index in [0.29, 0.717) is 0 Å². The quantitative estimate of drug-likeness (QED) is 0.680. The van der Waals surface area contributed by atoms with Gasteiger partial charge in [-0.1, -0.05) is 48.6 Å². The molecule has 3 rings (SSSR count). The normalized spacial score (nSPS) is 11.4. The summed E-state index contributed by atoms with van der Waals surface area (Å²) in [6.07, 6.45) is 4.20. The summed E-state index contributed by atoms with van der Waals surface area (Å²) in [6.45, 7) is 0.0455. The zero-order chi connectivity index (χ0) is 13.1. The lowest BCUT2D eigenvalue weighted by Crippen LogP contribution is -1.78. The molecule has 0 aliphatic rings. The number of aromatic amines is 1. The highest BCUT2D eigenvalue weighted by Crippen LogP contribution is 2.18. The maximum absolute atomic E-state index is 9.11. The molecule has 0 saturated carbocycles. The predicted octanol–water partition coefficient (Wildman–Crippen LogP) is 3.83. The monoisotopic (exact) mass is 249 g/mol. The Morgan fingerprint density at radius 3 is 2.47 bits per heavy atom. The van der Waals surface area contributed by atoms with Crippen LogP contribution in [0, 0.1) is 0 Å². The number of benzene rings is 2. The van der Waals surface area contributed by atoms with Gasteiger partial charge < -0.3 is 10.1 Å². The Morgan fingerprint density at radius 1 is 0.895 bits per heavy atom. The number of hydrogen-bond donors (Lipinski definition) is 2. The third kappa shape index (κ3) is 2.59. The summed E-state index contributed by atoms with van der Waals surface area (Å²) < 4.78 is 0. The highest BCUT2D eigenvalue weighted by molar-refractivity contribution is 5.84. The Kier molecular flexibility index (Phi) is 3.17. The number of rotatable bonds is 3. The Labute approximate surface area is 112 Å². The second kappa shape index (κ2) is 5.12. The molecule has 0 atom stereocenters. The third-order valence-electron chi connectivity index (χ3n) is 3.14. The first-order chi connectivity index (χ1) is 9.35. The minimum absolute atomic E-state index is 0.0455. The summed E-state index contributed by atoms with van der Waals surface area (Å²) >= 11 is 0. The van der Waals surface area contributed by atoms with Crippen LogP contribution in [0.5, 0.6) is 0 Å². The van der Waals surface area contributed by atoms with E-state index >= 15 is 0 Å². The van der Waals surface area contributed by atoms with E-state index in [1.165, 1.54) is 5.56 Å². The van der Waals surface area contributed by atoms with E-state index in [2.05, 4.69) is 41.4 Å². The lowest BCUT2D eigenvalue weighted by molar-refractivity contribution is 0.278. The largest absolute Gasteiger partial charge is 0.390 e. The maximum Gasteiger partial charge on any atom is 0.0831 e. The van der Waals surface area contributed by atoms with Crippen LogP contribution in [0.25, 0.3) is 23.1 Å². The van der Waals surface area contributed by atoms with Gasteiger partial charge in [-0.15, -0.1) is 0 Å². The van der Waals surface area contributed by atoms with Crippen molar-refractivity contribution in [3.8, 4) is 0 Å². The first-order valence-electron chi connectivity index (χ1n) is 6.31. The summed E-state index contributed by atoms with van der Waals surface area (Å²) in [6, 6.07) is 18.4. The average molecular weight is 249 g/mol. The number of hydrogen-bond acceptors (Lipinski definition) is 1. The van der Waals surface area contributed by atoms with Crippen LogP contribution >= 0.6 is 0 Å². The molecule has 0 aliphatic carbocycles. The van der Waals surface area contributed by atoms with Crippen LogP contribution in [0.1, 0.15) is 16.8 Å². The smallest absolute Gasteiger partial charge is 0.0831 e. The number of aromatic nitrogens is 1. The van der Waals surface area contributed by atoms with Crippen molar-refractivity contribution in [3.05, 3.63) is 71.4 Å². The fourth-order valence-corrected chi connectivity index (χ4v) is 2.16. The minimum Gasteiger partial charge on any atom is -0.390 e. The van der Waals surface area contributed by atoms with Crippen LogP contribution < -0.4 is 0 Å². The second-order valence-electron chi connectivity index (χ2n) is 4.54. The maximum atomic E-state index is 9.11. The number of aliphatic hydroxyl groups is 1. The van der Waals surface area contributed by atoms with Crippen LogP contribution in [0.15, 0.2) is 54.6 Å². The third-order valence-corrected chi connectivity index (χ3v) is 3.14. The van der Waals surface area contributed by atoms with Gasteiger partial charge in [0, 0.05) is 16.6 Å². The van der Waals surface area contributed by atoms with Crippen molar-refractivity contribution in [1.82, 2.24) is 4.98 Å². The van der Waals surface area contributed by atoms with Crippen LogP contribution in [0.2, 0.25) is 0 Å². The summed E-state index contributed by atoms with van der Waals surface area (Å²) in [5, 5.41) is 10.2. The molecule has 0 radical (unpaired) electrons. The van der Waals surface area contributed by atoms with Crippen LogP contribution in [-0.4, -0.2) is 10.1 Å². The highest BCUT2D eigenvalue weighted by Gasteiger charge is 1.99. The van der Waals surface area contributed by atoms with E-state index in [9.17, 15) is 0 Å². The van der Waals surface area contributed by atoms with Crippen LogP contribution in [0.4, 0.5) is 0 Å². The molecule has 0 fully saturated rings. The number of aliphatic hydroxyl groups excluding tert-OH is 1. The van der Waals surface area contributed by atoms with E-state index in [-0.39, 0.29) is 6.61 Å². The van der Waals surface area contributed by atoms with Crippen molar-refractivity contribution in [1.29, 1.82) is 0 Å². The molecule has 0 saturated heterocycles. The van der Waals surface area contributed by atoms with Gasteiger partial charge in [0.15, 0.2) is 0 Å². The lowest BCUT2D eigenvalue weighted by atomic mass is 10.1. The highest BCUT2D eigenvalue weighted by atomic mass is 16.3. The molecule has 0 bridgehead atoms. The molecule has 0 spiro atoms. The molecular weight excluding hydrogens is 234 g/mol. The summed E-state index contributed by atoms with van der Waals surface area (Å²) in [5.41, 5.74) is 4.24. The van der Waals surface area contributed by atoms with Gasteiger partial charge in [0.1, 0.15) is 0 Å². The van der Waals surface area contributed by atoms with Crippen molar-refractivity contribution in [2.24, 2.45) is 0 Å². The van der Waals surface area contributed by atoms with E-state index in [4.69, 9.17) is 5.11 Å². The van der Waals surface area contributed by atoms with Gasteiger partial charge in [-0.2, -0.15) is 0 Å². The molecule has 2 heteroatoms. The summed E-state index contributed by atoms with van der Waals surface area (Å²) in [7, 11) is 0. The molecule has 0 amide bonds. The van der Waals surface area contributed by atoms with Gasteiger partial charge in [0.05, 0.1) is 6.61 Å². The van der Waals surface area contributed by atoms with E-state index < -0.39 is 0 Å². The molecule has 2 aromatic carbocycles. The second-order valence-corrected chi connectivity index (χ2v) is 4.54. The number of H-pyrrole nitrogens is 1. The van der Waals surface area contributed by atoms with Crippen LogP contribution in [-0.2, 0) is 6.61 Å². The van der Waals surface area contributed by atoms with Crippen LogP contribution in [0.3, 0.4) is 0 Å². The first-order valence-corrected chi connectivity index (χ1v) is 6.31. The van der Waals surface area contributed by atoms with E-state index in [0.717, 1.165) is 22.2 Å². The van der Waals surface area contributed by atoms with Gasteiger partial charge in [-0.25, -0.2) is 0 Å². The molecule has 19 heavy (non-hydrogen) atoms. The van der Waals surface area contributed by atoms with E-state index in [1.54, 1.807) is 0 Å². The standard InChI is InChI=1S/C17H15NO/c19-12-16-11-15-10-14(8-9-17(15)18-16)7-6-13-4-2-1-3-5-13/h1-11,18-19H,12H2. The Morgan fingerprint density at radius 2 is 1.68 bits per heavy atom. The Balaban J connectivity index is 1.91. The van der Waals surface area contributed by atoms with Crippen molar-refractivity contribution in [2.45, 2.75) is 6.61 Å². The van der Waals surface area contributed by atoms with Crippen molar-refractivity contribution in [2.75, 3.05) is 0 Å². The van der Waals surface area contributed by atoms with Crippen molar-refractivity contribution in [3.63, 3.8) is 0 Å². The Hall–Kier alpha value is -2.32. The zero-order valence-corrected chi connectivity index (χ0v) is 10.5. The lowest BCUT2D eigenvalue weighted by Gasteiger charge is -1.95. The topological polar surface area (TPSA) is 36.0 Å². The molecule has 2 N–H and O–H groups in total. The Bertz CT molecular complexity index is 710. The van der Waals surface area contributed by atoms with Gasteiger partial charge in [-0.05, 0) is 29.3 Å². The van der Waals surface area contributed by atoms with Crippen molar-refractivity contribution >= 4 is 23.1 Å². The summed E-state index contributed by atoms with van der Waals surface area (Å²) in [4.78, 5) is 3.17. The fraction of sp³-hybridized carbons (Fsp3) is 0.0588. The summed E-state index contributed by atoms with van der Waals surface area (Å²) in [5.74, 6) is 0. The molecular formula is C17H15NO. The zero-order valence-electron chi connectivity index (χ0n) is 10.5. The van der Waals surface area contributed by atoms with Gasteiger partial charge in [0.25, 0.3) is 0 Å². The molecule has 0 aliphatic heterocycles. The van der Waals surface area contributed by atoms with Gasteiger partial charge in [-0.3, -0.25) is 0 Å². The molecule has 1 aromatic heterocycles. The molecule has 0 unspecified atom stereocenters. The number of nitrogens with one attached hydrogen (secondary N) is 1. The molecule has 2 nitrogen and oxygen atoms in total. The fourth-order valence-electron chi connectivity index (χ4n) is 2.16. The minimum atomic E-state index is 0.0455. The van der Waals surface area contributed by atoms with Crippen molar-refractivity contribution < 1.29 is 5.11 Å². The predicted molar refractivity (Wildman–Crippen MR) is 79.6 cm³/mol. The number of fused-ring (bicyclic) bond motifs is 1. The molecule has 94 valence electrons. The molecule has 3 aromatic rings. The first kappa shape index (κ1) is 11.8.